The van der Waals surface area contributed by atoms with Crippen LogP contribution in [-0.4, -0.2) is 27.8 Å². The molecule has 4 aromatic carbocycles. The smallest absolute Gasteiger partial charge is 0.228 e. The van der Waals surface area contributed by atoms with Gasteiger partial charge in [-0.2, -0.15) is 0 Å². The van der Waals surface area contributed by atoms with E-state index in [1.54, 1.807) is 47.4 Å². The van der Waals surface area contributed by atoms with Crippen LogP contribution in [0.2, 0.25) is 0 Å². The highest BCUT2D eigenvalue weighted by Crippen LogP contribution is 2.38. The summed E-state index contributed by atoms with van der Waals surface area (Å²) >= 11 is 0. The molecule has 1 aliphatic rings. The van der Waals surface area contributed by atoms with Crippen molar-refractivity contribution in [1.29, 1.82) is 0 Å². The van der Waals surface area contributed by atoms with Crippen LogP contribution >= 0.6 is 0 Å². The number of rotatable bonds is 7. The number of carbonyl (C=O) groups excluding carboxylic acids is 1. The number of anilines is 1. The largest absolute Gasteiger partial charge is 0.508 e. The van der Waals surface area contributed by atoms with E-state index in [2.05, 4.69) is 0 Å². The molecule has 0 spiro atoms. The summed E-state index contributed by atoms with van der Waals surface area (Å²) in [7, 11) is 0. The van der Waals surface area contributed by atoms with Crippen molar-refractivity contribution in [3.63, 3.8) is 0 Å². The summed E-state index contributed by atoms with van der Waals surface area (Å²) in [5, 5.41) is 31.4. The topological polar surface area (TPSA) is 81.0 Å². The zero-order chi connectivity index (χ0) is 25.2. The second-order valence-corrected chi connectivity index (χ2v) is 9.00. The minimum absolute atomic E-state index is 0.0541. The first-order chi connectivity index (χ1) is 17.4. The van der Waals surface area contributed by atoms with Crippen molar-refractivity contribution in [2.45, 2.75) is 25.4 Å². The molecular weight excluding hydrogens is 457 g/mol. The van der Waals surface area contributed by atoms with Crippen LogP contribution < -0.4 is 4.90 Å². The number of aliphatic hydroxyl groups is 1. The van der Waals surface area contributed by atoms with E-state index in [0.717, 1.165) is 27.9 Å². The van der Waals surface area contributed by atoms with Crippen LogP contribution in [0, 0.1) is 5.82 Å². The number of halogens is 1. The van der Waals surface area contributed by atoms with Crippen LogP contribution in [-0.2, 0) is 11.2 Å². The Labute approximate surface area is 208 Å². The van der Waals surface area contributed by atoms with E-state index in [9.17, 15) is 24.5 Å². The Hall–Kier alpha value is -4.16. The molecule has 1 fully saturated rings. The van der Waals surface area contributed by atoms with Gasteiger partial charge in [0.05, 0.1) is 6.10 Å². The third-order valence-corrected chi connectivity index (χ3v) is 6.67. The highest BCUT2D eigenvalue weighted by atomic mass is 19.1. The van der Waals surface area contributed by atoms with Crippen LogP contribution in [0.3, 0.4) is 0 Å². The summed E-state index contributed by atoms with van der Waals surface area (Å²) in [4.78, 5) is 13.7. The quantitative estimate of drug-likeness (QED) is 0.283. The Balaban J connectivity index is 1.48. The number of amides is 1. The molecule has 0 bridgehead atoms. The number of carbonyl (C=O) groups is 1. The number of phenols is 2. The molecule has 182 valence electrons. The molecule has 36 heavy (non-hydrogen) atoms. The summed E-state index contributed by atoms with van der Waals surface area (Å²) in [5.41, 5.74) is 4.75. The molecule has 5 nitrogen and oxygen atoms in total. The van der Waals surface area contributed by atoms with Crippen LogP contribution in [0.1, 0.15) is 30.1 Å². The van der Waals surface area contributed by atoms with E-state index >= 15 is 0 Å². The molecule has 0 saturated carbocycles. The number of hydrogen-bond acceptors (Lipinski definition) is 4. The Morgan fingerprint density at radius 3 is 2.33 bits per heavy atom. The van der Waals surface area contributed by atoms with E-state index in [1.165, 1.54) is 6.07 Å². The second-order valence-electron chi connectivity index (χ2n) is 9.00. The molecule has 1 heterocycles. The fourth-order valence-corrected chi connectivity index (χ4v) is 4.62. The number of aryl methyl sites for hydroxylation is 1. The molecule has 0 aromatic heterocycles. The number of hydrogen-bond donors (Lipinski definition) is 3. The van der Waals surface area contributed by atoms with E-state index in [-0.39, 0.29) is 29.4 Å². The molecule has 1 atom stereocenters. The first kappa shape index (κ1) is 23.6. The first-order valence-electron chi connectivity index (χ1n) is 11.9. The van der Waals surface area contributed by atoms with Crippen molar-refractivity contribution in [3.8, 4) is 33.8 Å². The van der Waals surface area contributed by atoms with Gasteiger partial charge in [0.15, 0.2) is 0 Å². The van der Waals surface area contributed by atoms with E-state index < -0.39 is 11.9 Å². The van der Waals surface area contributed by atoms with Crippen LogP contribution in [0.4, 0.5) is 10.1 Å². The average molecular weight is 484 g/mol. The summed E-state index contributed by atoms with van der Waals surface area (Å²) in [6, 6.07) is 23.9. The molecular formula is C30H26FNO4. The zero-order valence-corrected chi connectivity index (χ0v) is 19.6. The van der Waals surface area contributed by atoms with Gasteiger partial charge in [0.2, 0.25) is 5.91 Å². The van der Waals surface area contributed by atoms with Crippen molar-refractivity contribution in [3.05, 3.63) is 102 Å². The molecule has 4 aromatic rings. The Morgan fingerprint density at radius 2 is 1.64 bits per heavy atom. The molecule has 1 amide bonds. The predicted molar refractivity (Wildman–Crippen MR) is 137 cm³/mol. The predicted octanol–water partition coefficient (Wildman–Crippen LogP) is 5.97. The average Bonchev–Trinajstić information content (AvgIpc) is 2.87. The Morgan fingerprint density at radius 1 is 0.861 bits per heavy atom. The Bertz CT molecular complexity index is 1430. The fraction of sp³-hybridized carbons (Fsp3) is 0.167. The number of aromatic hydroxyl groups is 2. The highest BCUT2D eigenvalue weighted by Gasteiger charge is 2.26. The molecule has 0 radical (unpaired) electrons. The number of nitrogens with zero attached hydrogens (tertiary/aromatic N) is 1. The summed E-state index contributed by atoms with van der Waals surface area (Å²) < 4.78 is 14.2. The third kappa shape index (κ3) is 4.68. The maximum atomic E-state index is 14.2. The van der Waals surface area contributed by atoms with Gasteiger partial charge in [-0.25, -0.2) is 4.39 Å². The lowest BCUT2D eigenvalue weighted by Crippen LogP contribution is -2.43. The highest BCUT2D eigenvalue weighted by molar-refractivity contribution is 5.99. The SMILES string of the molecule is O=C1CCN1c1ccc(-c2ccc(-c3cccc(O)c3)cc2O)c(CC[C@H](O)c2ccccc2F)c1. The molecule has 1 aliphatic heterocycles. The minimum atomic E-state index is -0.991. The van der Waals surface area contributed by atoms with Gasteiger partial charge in [-0.1, -0.05) is 48.5 Å². The lowest BCUT2D eigenvalue weighted by molar-refractivity contribution is -0.122. The van der Waals surface area contributed by atoms with Gasteiger partial charge < -0.3 is 20.2 Å². The normalized spacial score (nSPS) is 13.9. The lowest BCUT2D eigenvalue weighted by atomic mass is 9.91. The molecule has 5 rings (SSSR count). The molecule has 3 N–H and O–H groups in total. The van der Waals surface area contributed by atoms with Gasteiger partial charge in [0.25, 0.3) is 0 Å². The van der Waals surface area contributed by atoms with Gasteiger partial charge in [0, 0.05) is 29.8 Å². The van der Waals surface area contributed by atoms with Crippen molar-refractivity contribution in [2.24, 2.45) is 0 Å². The van der Waals surface area contributed by atoms with E-state index in [4.69, 9.17) is 0 Å². The molecule has 1 saturated heterocycles. The maximum absolute atomic E-state index is 14.2. The van der Waals surface area contributed by atoms with Gasteiger partial charge in [-0.3, -0.25) is 4.79 Å². The van der Waals surface area contributed by atoms with Crippen LogP contribution in [0.25, 0.3) is 22.3 Å². The van der Waals surface area contributed by atoms with Gasteiger partial charge in [-0.15, -0.1) is 0 Å². The van der Waals surface area contributed by atoms with Crippen LogP contribution in [0.15, 0.2) is 84.9 Å². The number of aliphatic hydroxyl groups excluding tert-OH is 1. The van der Waals surface area contributed by atoms with Gasteiger partial charge >= 0.3 is 0 Å². The molecule has 0 unspecified atom stereocenters. The third-order valence-electron chi connectivity index (χ3n) is 6.67. The second kappa shape index (κ2) is 9.84. The first-order valence-corrected chi connectivity index (χ1v) is 11.9. The Kier molecular flexibility index (Phi) is 6.44. The van der Waals surface area contributed by atoms with E-state index in [0.29, 0.717) is 24.9 Å². The standard InChI is InChI=1S/C30H26FNO4/c31-27-7-2-1-6-26(27)28(34)13-9-21-16-22(32-15-14-30(32)36)10-12-24(21)25-11-8-20(18-29(25)35)19-4-3-5-23(33)17-19/h1-8,10-12,16-18,28,33-35H,9,13-15H2/t28-/m0/s1. The number of phenolic OH excluding ortho intramolecular Hbond substituents is 2. The fourth-order valence-electron chi connectivity index (χ4n) is 4.62. The summed E-state index contributed by atoms with van der Waals surface area (Å²) in [6.45, 7) is 0.652. The minimum Gasteiger partial charge on any atom is -0.508 e. The van der Waals surface area contributed by atoms with Crippen molar-refractivity contribution in [2.75, 3.05) is 11.4 Å². The van der Waals surface area contributed by atoms with E-state index in [1.807, 2.05) is 36.4 Å². The van der Waals surface area contributed by atoms with Gasteiger partial charge in [-0.05, 0) is 71.5 Å². The van der Waals surface area contributed by atoms with Gasteiger partial charge in [0.1, 0.15) is 17.3 Å². The molecule has 0 aliphatic carbocycles. The van der Waals surface area contributed by atoms with Crippen molar-refractivity contribution >= 4 is 11.6 Å². The van der Waals surface area contributed by atoms with Crippen molar-refractivity contribution < 1.29 is 24.5 Å². The summed E-state index contributed by atoms with van der Waals surface area (Å²) in [6.07, 6.45) is 0.206. The number of benzene rings is 4. The summed E-state index contributed by atoms with van der Waals surface area (Å²) in [5.74, 6) is -0.189. The number of β-lactam (4-membered cyclic amide) rings is 1. The molecule has 6 heteroatoms. The lowest BCUT2D eigenvalue weighted by Gasteiger charge is -2.31. The van der Waals surface area contributed by atoms with Crippen LogP contribution in [0.5, 0.6) is 11.5 Å². The maximum Gasteiger partial charge on any atom is 0.228 e. The zero-order valence-electron chi connectivity index (χ0n) is 19.6. The monoisotopic (exact) mass is 483 g/mol. The van der Waals surface area contributed by atoms with Crippen molar-refractivity contribution in [1.82, 2.24) is 0 Å².